The van der Waals surface area contributed by atoms with Gasteiger partial charge in [-0.1, -0.05) is 6.92 Å². The van der Waals surface area contributed by atoms with Gasteiger partial charge in [0.25, 0.3) is 0 Å². The monoisotopic (exact) mass is 215 g/mol. The Labute approximate surface area is 93.2 Å². The summed E-state index contributed by atoms with van der Waals surface area (Å²) < 4.78 is 0. The van der Waals surface area contributed by atoms with Crippen molar-refractivity contribution < 1.29 is 4.79 Å². The van der Waals surface area contributed by atoms with Crippen molar-refractivity contribution in [3.8, 4) is 0 Å². The molecule has 0 spiro atoms. The summed E-state index contributed by atoms with van der Waals surface area (Å²) in [5, 5.41) is 2.98. The number of amides is 1. The van der Waals surface area contributed by atoms with E-state index in [1.165, 1.54) is 0 Å². The normalized spacial score (nSPS) is 15.1. The Hall–Kier alpha value is -0.610. The zero-order valence-corrected chi connectivity index (χ0v) is 10.4. The van der Waals surface area contributed by atoms with Crippen molar-refractivity contribution in [3.05, 3.63) is 0 Å². The fourth-order valence-corrected chi connectivity index (χ4v) is 1.26. The van der Waals surface area contributed by atoms with Crippen LogP contribution in [-0.4, -0.2) is 44.0 Å². The van der Waals surface area contributed by atoms with Crippen LogP contribution in [0.5, 0.6) is 0 Å². The largest absolute Gasteiger partial charge is 0.354 e. The van der Waals surface area contributed by atoms with Gasteiger partial charge in [-0.15, -0.1) is 0 Å². The molecule has 2 unspecified atom stereocenters. The Morgan fingerprint density at radius 1 is 1.40 bits per heavy atom. The number of hydrogen-bond donors (Lipinski definition) is 2. The van der Waals surface area contributed by atoms with E-state index in [1.807, 2.05) is 27.9 Å². The first-order valence-corrected chi connectivity index (χ1v) is 5.59. The summed E-state index contributed by atoms with van der Waals surface area (Å²) in [4.78, 5) is 13.6. The zero-order chi connectivity index (χ0) is 11.8. The van der Waals surface area contributed by atoms with Gasteiger partial charge in [-0.05, 0) is 46.4 Å². The van der Waals surface area contributed by atoms with E-state index in [1.54, 1.807) is 0 Å². The number of nitrogens with two attached hydrogens (primary N) is 1. The van der Waals surface area contributed by atoms with Crippen LogP contribution < -0.4 is 11.1 Å². The summed E-state index contributed by atoms with van der Waals surface area (Å²) in [5.41, 5.74) is 5.46. The molecule has 0 saturated carbocycles. The van der Waals surface area contributed by atoms with Crippen LogP contribution in [0.1, 0.15) is 26.7 Å². The van der Waals surface area contributed by atoms with Crippen LogP contribution in [0.25, 0.3) is 0 Å². The Kier molecular flexibility index (Phi) is 7.34. The minimum Gasteiger partial charge on any atom is -0.354 e. The third-order valence-electron chi connectivity index (χ3n) is 2.35. The third kappa shape index (κ3) is 8.39. The number of rotatable bonds is 7. The van der Waals surface area contributed by atoms with E-state index in [0.29, 0.717) is 13.0 Å². The van der Waals surface area contributed by atoms with Gasteiger partial charge in [-0.2, -0.15) is 0 Å². The zero-order valence-electron chi connectivity index (χ0n) is 10.4. The van der Waals surface area contributed by atoms with Gasteiger partial charge in [0.1, 0.15) is 0 Å². The van der Waals surface area contributed by atoms with Gasteiger partial charge >= 0.3 is 0 Å². The molecule has 0 fully saturated rings. The minimum atomic E-state index is 0.110. The highest BCUT2D eigenvalue weighted by Gasteiger charge is 2.10. The lowest BCUT2D eigenvalue weighted by Crippen LogP contribution is -2.36. The maximum Gasteiger partial charge on any atom is 0.220 e. The van der Waals surface area contributed by atoms with Gasteiger partial charge in [-0.25, -0.2) is 0 Å². The van der Waals surface area contributed by atoms with E-state index in [0.717, 1.165) is 13.0 Å². The molecule has 0 aliphatic carbocycles. The fourth-order valence-electron chi connectivity index (χ4n) is 1.26. The predicted octanol–water partition coefficient (Wildman–Crippen LogP) is 0.428. The van der Waals surface area contributed by atoms with Gasteiger partial charge < -0.3 is 16.0 Å². The third-order valence-corrected chi connectivity index (χ3v) is 2.35. The smallest absolute Gasteiger partial charge is 0.220 e. The number of nitrogens with one attached hydrogen (secondary N) is 1. The average molecular weight is 215 g/mol. The van der Waals surface area contributed by atoms with E-state index in [2.05, 4.69) is 10.2 Å². The molecule has 2 atom stereocenters. The van der Waals surface area contributed by atoms with Crippen molar-refractivity contribution in [2.45, 2.75) is 32.7 Å². The summed E-state index contributed by atoms with van der Waals surface area (Å²) in [6, 6.07) is 0.241. The second-order valence-corrected chi connectivity index (χ2v) is 4.61. The molecular weight excluding hydrogens is 190 g/mol. The highest BCUT2D eigenvalue weighted by molar-refractivity contribution is 5.76. The Bertz CT molecular complexity index is 183. The van der Waals surface area contributed by atoms with Crippen molar-refractivity contribution in [2.75, 3.05) is 27.2 Å². The first-order chi connectivity index (χ1) is 6.95. The lowest BCUT2D eigenvalue weighted by molar-refractivity contribution is -0.122. The van der Waals surface area contributed by atoms with Gasteiger partial charge in [-0.3, -0.25) is 4.79 Å². The molecule has 0 rings (SSSR count). The van der Waals surface area contributed by atoms with E-state index < -0.39 is 0 Å². The predicted molar refractivity (Wildman–Crippen MR) is 63.6 cm³/mol. The Morgan fingerprint density at radius 2 is 2.00 bits per heavy atom. The van der Waals surface area contributed by atoms with E-state index in [4.69, 9.17) is 5.73 Å². The number of hydrogen-bond acceptors (Lipinski definition) is 3. The molecule has 90 valence electrons. The van der Waals surface area contributed by atoms with Gasteiger partial charge in [0.15, 0.2) is 0 Å². The Balaban J connectivity index is 3.66. The second kappa shape index (κ2) is 7.65. The molecule has 0 radical (unpaired) electrons. The summed E-state index contributed by atoms with van der Waals surface area (Å²) >= 11 is 0. The van der Waals surface area contributed by atoms with Crippen molar-refractivity contribution >= 4 is 5.91 Å². The van der Waals surface area contributed by atoms with Gasteiger partial charge in [0, 0.05) is 12.5 Å². The average Bonchev–Trinajstić information content (AvgIpc) is 2.14. The number of nitrogens with zero attached hydrogens (tertiary/aromatic N) is 1. The maximum atomic E-state index is 11.5. The van der Waals surface area contributed by atoms with Crippen LogP contribution in [0.15, 0.2) is 0 Å². The van der Waals surface area contributed by atoms with Crippen LogP contribution in [0.2, 0.25) is 0 Å². The van der Waals surface area contributed by atoms with Crippen molar-refractivity contribution in [2.24, 2.45) is 11.7 Å². The highest BCUT2D eigenvalue weighted by Crippen LogP contribution is 2.00. The summed E-state index contributed by atoms with van der Waals surface area (Å²) in [6.45, 7) is 5.59. The second-order valence-electron chi connectivity index (χ2n) is 4.61. The van der Waals surface area contributed by atoms with E-state index in [-0.39, 0.29) is 17.9 Å². The lowest BCUT2D eigenvalue weighted by atomic mass is 10.1. The molecule has 1 amide bonds. The quantitative estimate of drug-likeness (QED) is 0.647. The topological polar surface area (TPSA) is 58.4 Å². The minimum absolute atomic E-state index is 0.110. The Morgan fingerprint density at radius 3 is 2.47 bits per heavy atom. The molecular formula is C11H25N3O. The molecule has 0 aliphatic rings. The molecule has 0 aromatic heterocycles. The molecule has 4 nitrogen and oxygen atoms in total. The van der Waals surface area contributed by atoms with Crippen LogP contribution in [0, 0.1) is 5.92 Å². The summed E-state index contributed by atoms with van der Waals surface area (Å²) in [6.07, 6.45) is 1.51. The van der Waals surface area contributed by atoms with Crippen molar-refractivity contribution in [1.82, 2.24) is 10.2 Å². The van der Waals surface area contributed by atoms with E-state index in [9.17, 15) is 4.79 Å². The molecule has 0 bridgehead atoms. The molecule has 0 aromatic rings. The summed E-state index contributed by atoms with van der Waals surface area (Å²) in [7, 11) is 4.07. The van der Waals surface area contributed by atoms with Crippen LogP contribution in [0.3, 0.4) is 0 Å². The van der Waals surface area contributed by atoms with Crippen LogP contribution in [0.4, 0.5) is 0 Å². The first kappa shape index (κ1) is 14.4. The molecule has 4 heteroatoms. The SMILES string of the molecule is CC(CN)CC(=O)NC(C)CCN(C)C. The van der Waals surface area contributed by atoms with Crippen molar-refractivity contribution in [3.63, 3.8) is 0 Å². The van der Waals surface area contributed by atoms with Gasteiger partial charge in [0.05, 0.1) is 0 Å². The highest BCUT2D eigenvalue weighted by atomic mass is 16.1. The number of carbonyl (C=O) groups excluding carboxylic acids is 1. The lowest BCUT2D eigenvalue weighted by Gasteiger charge is -2.17. The number of carbonyl (C=O) groups is 1. The molecule has 0 heterocycles. The molecule has 15 heavy (non-hydrogen) atoms. The summed E-state index contributed by atoms with van der Waals surface area (Å²) in [5.74, 6) is 0.380. The van der Waals surface area contributed by atoms with E-state index >= 15 is 0 Å². The van der Waals surface area contributed by atoms with Crippen LogP contribution in [-0.2, 0) is 4.79 Å². The van der Waals surface area contributed by atoms with Crippen molar-refractivity contribution in [1.29, 1.82) is 0 Å². The standard InChI is InChI=1S/C11H25N3O/c1-9(8-12)7-11(15)13-10(2)5-6-14(3)4/h9-10H,5-8,12H2,1-4H3,(H,13,15). The molecule has 0 aromatic carbocycles. The fraction of sp³-hybridized carbons (Fsp3) is 0.909. The van der Waals surface area contributed by atoms with Gasteiger partial charge in [0.2, 0.25) is 5.91 Å². The first-order valence-electron chi connectivity index (χ1n) is 5.59. The molecule has 3 N–H and O–H groups in total. The maximum absolute atomic E-state index is 11.5. The molecule has 0 aliphatic heterocycles. The molecule has 0 saturated heterocycles. The van der Waals surface area contributed by atoms with Crippen LogP contribution >= 0.6 is 0 Å².